The van der Waals surface area contributed by atoms with Crippen molar-refractivity contribution in [3.8, 4) is 0 Å². The van der Waals surface area contributed by atoms with Gasteiger partial charge in [0.1, 0.15) is 5.69 Å². The average molecular weight is 207 g/mol. The van der Waals surface area contributed by atoms with Gasteiger partial charge in [0.05, 0.1) is 5.69 Å². The van der Waals surface area contributed by atoms with Crippen LogP contribution in [0.2, 0.25) is 0 Å². The van der Waals surface area contributed by atoms with Gasteiger partial charge in [0.2, 0.25) is 0 Å². The zero-order valence-corrected chi connectivity index (χ0v) is 9.15. The van der Waals surface area contributed by atoms with Crippen LogP contribution < -0.4 is 0 Å². The lowest BCUT2D eigenvalue weighted by Gasteiger charge is -2.25. The standard InChI is InChI=1S/C11H17N3O/c1-2-11-10(8-15)12-13-14(11)7-6-9-4-3-5-9/h8-9H,2-7H2,1H3. The van der Waals surface area contributed by atoms with Crippen molar-refractivity contribution in [2.24, 2.45) is 5.92 Å². The fourth-order valence-electron chi connectivity index (χ4n) is 2.07. The molecule has 0 atom stereocenters. The van der Waals surface area contributed by atoms with Gasteiger partial charge in [-0.05, 0) is 18.8 Å². The molecule has 0 aromatic carbocycles. The summed E-state index contributed by atoms with van der Waals surface area (Å²) in [5.41, 5.74) is 1.48. The quantitative estimate of drug-likeness (QED) is 0.692. The largest absolute Gasteiger partial charge is 0.296 e. The van der Waals surface area contributed by atoms with Crippen LogP contribution in [0.5, 0.6) is 0 Å². The lowest BCUT2D eigenvalue weighted by atomic mass is 9.83. The van der Waals surface area contributed by atoms with E-state index >= 15 is 0 Å². The first-order valence-electron chi connectivity index (χ1n) is 5.72. The predicted octanol–water partition coefficient (Wildman–Crippen LogP) is 1.84. The van der Waals surface area contributed by atoms with Crippen molar-refractivity contribution >= 4 is 6.29 Å². The van der Waals surface area contributed by atoms with Gasteiger partial charge in [0, 0.05) is 6.54 Å². The van der Waals surface area contributed by atoms with Crippen molar-refractivity contribution in [3.63, 3.8) is 0 Å². The fraction of sp³-hybridized carbons (Fsp3) is 0.727. The van der Waals surface area contributed by atoms with Crippen LogP contribution in [-0.2, 0) is 13.0 Å². The van der Waals surface area contributed by atoms with E-state index in [1.807, 2.05) is 11.6 Å². The van der Waals surface area contributed by atoms with Crippen LogP contribution in [0.3, 0.4) is 0 Å². The van der Waals surface area contributed by atoms with E-state index in [1.54, 1.807) is 0 Å². The molecule has 82 valence electrons. The van der Waals surface area contributed by atoms with Crippen molar-refractivity contribution in [2.45, 2.75) is 45.6 Å². The first-order chi connectivity index (χ1) is 7.35. The molecule has 2 rings (SSSR count). The molecule has 1 aromatic rings. The highest BCUT2D eigenvalue weighted by atomic mass is 16.1. The average Bonchev–Trinajstić information content (AvgIpc) is 2.57. The highest BCUT2D eigenvalue weighted by Crippen LogP contribution is 2.29. The van der Waals surface area contributed by atoms with Crippen molar-refractivity contribution in [1.82, 2.24) is 15.0 Å². The van der Waals surface area contributed by atoms with Crippen molar-refractivity contribution in [2.75, 3.05) is 0 Å². The third-order valence-corrected chi connectivity index (χ3v) is 3.29. The van der Waals surface area contributed by atoms with Crippen molar-refractivity contribution in [1.29, 1.82) is 0 Å². The lowest BCUT2D eigenvalue weighted by molar-refractivity contribution is 0.111. The minimum absolute atomic E-state index is 0.506. The van der Waals surface area contributed by atoms with Gasteiger partial charge in [-0.2, -0.15) is 0 Å². The summed E-state index contributed by atoms with van der Waals surface area (Å²) in [4.78, 5) is 10.7. The molecule has 1 heterocycles. The molecule has 0 amide bonds. The highest BCUT2D eigenvalue weighted by molar-refractivity contribution is 5.73. The summed E-state index contributed by atoms with van der Waals surface area (Å²) in [6, 6.07) is 0. The number of hydrogen-bond donors (Lipinski definition) is 0. The number of aromatic nitrogens is 3. The molecule has 4 heteroatoms. The third kappa shape index (κ3) is 2.08. The monoisotopic (exact) mass is 207 g/mol. The molecule has 0 bridgehead atoms. The number of hydrogen-bond acceptors (Lipinski definition) is 3. The molecule has 0 spiro atoms. The van der Waals surface area contributed by atoms with Gasteiger partial charge >= 0.3 is 0 Å². The van der Waals surface area contributed by atoms with Crippen LogP contribution >= 0.6 is 0 Å². The van der Waals surface area contributed by atoms with E-state index < -0.39 is 0 Å². The molecule has 4 nitrogen and oxygen atoms in total. The predicted molar refractivity (Wildman–Crippen MR) is 56.7 cm³/mol. The molecule has 1 aromatic heterocycles. The molecule has 0 aliphatic heterocycles. The molecule has 0 radical (unpaired) electrons. The van der Waals surface area contributed by atoms with Crippen LogP contribution in [0.15, 0.2) is 0 Å². The smallest absolute Gasteiger partial charge is 0.172 e. The molecule has 0 unspecified atom stereocenters. The van der Waals surface area contributed by atoms with E-state index in [1.165, 1.54) is 25.7 Å². The van der Waals surface area contributed by atoms with Crippen molar-refractivity contribution in [3.05, 3.63) is 11.4 Å². The Bertz CT molecular complexity index is 342. The van der Waals surface area contributed by atoms with E-state index in [0.717, 1.165) is 30.9 Å². The Morgan fingerprint density at radius 3 is 2.87 bits per heavy atom. The number of aldehydes is 1. The van der Waals surface area contributed by atoms with Crippen LogP contribution in [0, 0.1) is 5.92 Å². The van der Waals surface area contributed by atoms with Gasteiger partial charge < -0.3 is 0 Å². The summed E-state index contributed by atoms with van der Waals surface area (Å²) in [6.07, 6.45) is 6.89. The van der Waals surface area contributed by atoms with E-state index in [-0.39, 0.29) is 0 Å². The second kappa shape index (κ2) is 4.55. The van der Waals surface area contributed by atoms with Crippen molar-refractivity contribution < 1.29 is 4.79 Å². The Morgan fingerprint density at radius 2 is 2.33 bits per heavy atom. The molecule has 1 aliphatic rings. The summed E-state index contributed by atoms with van der Waals surface area (Å²) in [5.74, 6) is 0.874. The van der Waals surface area contributed by atoms with Crippen LogP contribution in [0.4, 0.5) is 0 Å². The Labute approximate surface area is 89.7 Å². The molecule has 15 heavy (non-hydrogen) atoms. The Balaban J connectivity index is 1.99. The molecule has 1 aliphatic carbocycles. The Morgan fingerprint density at radius 1 is 1.53 bits per heavy atom. The van der Waals surface area contributed by atoms with Gasteiger partial charge in [-0.15, -0.1) is 5.10 Å². The number of rotatable bonds is 5. The van der Waals surface area contributed by atoms with E-state index in [2.05, 4.69) is 10.3 Å². The van der Waals surface area contributed by atoms with Crippen LogP contribution in [0.25, 0.3) is 0 Å². The molecular formula is C11H17N3O. The summed E-state index contributed by atoms with van der Waals surface area (Å²) < 4.78 is 1.89. The Kier molecular flexibility index (Phi) is 3.14. The second-order valence-corrected chi connectivity index (χ2v) is 4.20. The lowest BCUT2D eigenvalue weighted by Crippen LogP contribution is -2.15. The summed E-state index contributed by atoms with van der Waals surface area (Å²) in [6.45, 7) is 2.94. The minimum Gasteiger partial charge on any atom is -0.296 e. The minimum atomic E-state index is 0.506. The fourth-order valence-corrected chi connectivity index (χ4v) is 2.07. The zero-order valence-electron chi connectivity index (χ0n) is 9.15. The first kappa shape index (κ1) is 10.3. The summed E-state index contributed by atoms with van der Waals surface area (Å²) >= 11 is 0. The molecule has 0 N–H and O–H groups in total. The van der Waals surface area contributed by atoms with Crippen LogP contribution in [-0.4, -0.2) is 21.3 Å². The van der Waals surface area contributed by atoms with E-state index in [4.69, 9.17) is 0 Å². The third-order valence-electron chi connectivity index (χ3n) is 3.29. The second-order valence-electron chi connectivity index (χ2n) is 4.20. The van der Waals surface area contributed by atoms with Gasteiger partial charge in [0.15, 0.2) is 6.29 Å². The first-order valence-corrected chi connectivity index (χ1v) is 5.72. The molecule has 0 saturated heterocycles. The highest BCUT2D eigenvalue weighted by Gasteiger charge is 2.18. The molecule has 1 saturated carbocycles. The maximum absolute atomic E-state index is 10.7. The maximum atomic E-state index is 10.7. The SMILES string of the molecule is CCc1c(C=O)nnn1CCC1CCC1. The van der Waals surface area contributed by atoms with Gasteiger partial charge in [0.25, 0.3) is 0 Å². The number of aryl methyl sites for hydroxylation is 1. The summed E-state index contributed by atoms with van der Waals surface area (Å²) in [7, 11) is 0. The zero-order chi connectivity index (χ0) is 10.7. The molecule has 1 fully saturated rings. The number of carbonyl (C=O) groups excluding carboxylic acids is 1. The van der Waals surface area contributed by atoms with Crippen LogP contribution in [0.1, 0.15) is 48.8 Å². The number of carbonyl (C=O) groups is 1. The number of nitrogens with zero attached hydrogens (tertiary/aromatic N) is 3. The van der Waals surface area contributed by atoms with Gasteiger partial charge in [-0.25, -0.2) is 4.68 Å². The van der Waals surface area contributed by atoms with Gasteiger partial charge in [-0.1, -0.05) is 31.4 Å². The topological polar surface area (TPSA) is 47.8 Å². The maximum Gasteiger partial charge on any atom is 0.172 e. The normalized spacial score (nSPS) is 16.3. The Hall–Kier alpha value is -1.19. The summed E-state index contributed by atoms with van der Waals surface area (Å²) in [5, 5.41) is 7.90. The van der Waals surface area contributed by atoms with E-state index in [9.17, 15) is 4.79 Å². The molecular weight excluding hydrogens is 190 g/mol. The van der Waals surface area contributed by atoms with E-state index in [0.29, 0.717) is 5.69 Å². The van der Waals surface area contributed by atoms with Gasteiger partial charge in [-0.3, -0.25) is 4.79 Å².